The van der Waals surface area contributed by atoms with Gasteiger partial charge in [0.15, 0.2) is 6.61 Å². The number of ether oxygens (including phenoxy) is 2. The fraction of sp³-hybridized carbons (Fsp3) is 0.148. The predicted molar refractivity (Wildman–Crippen MR) is 130 cm³/mol. The number of carbonyl (C=O) groups is 2. The zero-order valence-corrected chi connectivity index (χ0v) is 18.9. The van der Waals surface area contributed by atoms with E-state index in [2.05, 4.69) is 5.32 Å². The first kappa shape index (κ1) is 23.6. The summed E-state index contributed by atoms with van der Waals surface area (Å²) in [5.74, 6) is -0.718. The molecule has 4 aromatic rings. The molecule has 8 heteroatoms. The molecule has 0 aliphatic rings. The molecule has 3 aromatic carbocycles. The molecule has 2 N–H and O–H groups in total. The van der Waals surface area contributed by atoms with E-state index in [0.717, 1.165) is 11.1 Å². The largest absolute Gasteiger partial charge is 0.497 e. The van der Waals surface area contributed by atoms with Gasteiger partial charge in [-0.25, -0.2) is 9.59 Å². The summed E-state index contributed by atoms with van der Waals surface area (Å²) >= 11 is 0. The van der Waals surface area contributed by atoms with Crippen molar-refractivity contribution in [3.8, 4) is 22.6 Å². The van der Waals surface area contributed by atoms with Gasteiger partial charge in [0.25, 0.3) is 5.91 Å². The van der Waals surface area contributed by atoms with Crippen molar-refractivity contribution in [3.63, 3.8) is 0 Å². The van der Waals surface area contributed by atoms with Gasteiger partial charge in [-0.3, -0.25) is 4.79 Å². The Labute approximate surface area is 200 Å². The zero-order chi connectivity index (χ0) is 24.8. The minimum atomic E-state index is -1.14. The first-order chi connectivity index (χ1) is 16.9. The van der Waals surface area contributed by atoms with Gasteiger partial charge in [0.2, 0.25) is 0 Å². The van der Waals surface area contributed by atoms with Crippen LogP contribution in [0.25, 0.3) is 22.1 Å². The lowest BCUT2D eigenvalue weighted by Crippen LogP contribution is -2.44. The third-order valence-electron chi connectivity index (χ3n) is 5.40. The molecule has 0 aliphatic carbocycles. The van der Waals surface area contributed by atoms with Crippen LogP contribution in [-0.2, 0) is 16.0 Å². The second kappa shape index (κ2) is 10.6. The molecule has 0 bridgehead atoms. The molecule has 0 aliphatic heterocycles. The Balaban J connectivity index is 1.47. The standard InChI is InChI=1S/C27H23NO7/c1-33-19-9-7-18(8-10-19)22-15-26(30)35-24-14-20(11-12-21(22)24)34-16-25(29)28-23(27(31)32)13-17-5-3-2-4-6-17/h2-12,14-15,23H,13,16H2,1H3,(H,28,29)(H,31,32). The number of carboxylic acids is 1. The van der Waals surface area contributed by atoms with E-state index in [1.807, 2.05) is 18.2 Å². The minimum Gasteiger partial charge on any atom is -0.497 e. The Hall–Kier alpha value is -4.59. The summed E-state index contributed by atoms with van der Waals surface area (Å²) in [7, 11) is 1.58. The maximum atomic E-state index is 12.3. The summed E-state index contributed by atoms with van der Waals surface area (Å²) in [4.78, 5) is 36.1. The Morgan fingerprint density at radius 2 is 1.69 bits per heavy atom. The van der Waals surface area contributed by atoms with Crippen LogP contribution < -0.4 is 20.4 Å². The average molecular weight is 473 g/mol. The van der Waals surface area contributed by atoms with E-state index in [4.69, 9.17) is 13.9 Å². The fourth-order valence-corrected chi connectivity index (χ4v) is 3.68. The molecular weight excluding hydrogens is 450 g/mol. The summed E-state index contributed by atoms with van der Waals surface area (Å²) in [6.45, 7) is -0.396. The quantitative estimate of drug-likeness (QED) is 0.357. The topological polar surface area (TPSA) is 115 Å². The van der Waals surface area contributed by atoms with Gasteiger partial charge in [0, 0.05) is 23.9 Å². The number of aliphatic carboxylic acids is 1. The first-order valence-corrected chi connectivity index (χ1v) is 10.8. The highest BCUT2D eigenvalue weighted by molar-refractivity contribution is 5.94. The zero-order valence-electron chi connectivity index (χ0n) is 18.9. The van der Waals surface area contributed by atoms with E-state index in [0.29, 0.717) is 28.0 Å². The molecule has 0 saturated carbocycles. The Morgan fingerprint density at radius 3 is 2.37 bits per heavy atom. The predicted octanol–water partition coefficient (Wildman–Crippen LogP) is 3.66. The third kappa shape index (κ3) is 5.86. The molecule has 0 saturated heterocycles. The van der Waals surface area contributed by atoms with Crippen LogP contribution in [0.2, 0.25) is 0 Å². The fourth-order valence-electron chi connectivity index (χ4n) is 3.68. The number of benzene rings is 3. The van der Waals surface area contributed by atoms with Gasteiger partial charge in [-0.1, -0.05) is 42.5 Å². The molecule has 35 heavy (non-hydrogen) atoms. The van der Waals surface area contributed by atoms with E-state index in [1.165, 1.54) is 12.1 Å². The van der Waals surface area contributed by atoms with E-state index >= 15 is 0 Å². The maximum absolute atomic E-state index is 12.3. The smallest absolute Gasteiger partial charge is 0.336 e. The number of hydrogen-bond acceptors (Lipinski definition) is 6. The van der Waals surface area contributed by atoms with E-state index < -0.39 is 30.2 Å². The molecular formula is C27H23NO7. The molecule has 1 unspecified atom stereocenters. The van der Waals surface area contributed by atoms with Crippen LogP contribution in [0.3, 0.4) is 0 Å². The number of carboxylic acid groups (broad SMARTS) is 1. The van der Waals surface area contributed by atoms with Crippen molar-refractivity contribution in [2.75, 3.05) is 13.7 Å². The van der Waals surface area contributed by atoms with Gasteiger partial charge in [0.1, 0.15) is 23.1 Å². The number of fused-ring (bicyclic) bond motifs is 1. The van der Waals surface area contributed by atoms with Gasteiger partial charge < -0.3 is 24.3 Å². The number of amides is 1. The van der Waals surface area contributed by atoms with Gasteiger partial charge in [0.05, 0.1) is 7.11 Å². The van der Waals surface area contributed by atoms with E-state index in [1.54, 1.807) is 55.6 Å². The normalized spacial score (nSPS) is 11.6. The highest BCUT2D eigenvalue weighted by Gasteiger charge is 2.20. The molecule has 0 fully saturated rings. The first-order valence-electron chi connectivity index (χ1n) is 10.8. The summed E-state index contributed by atoms with van der Waals surface area (Å²) in [5.41, 5.74) is 2.07. The summed E-state index contributed by atoms with van der Waals surface area (Å²) in [6.07, 6.45) is 0.150. The van der Waals surface area contributed by atoms with Crippen LogP contribution in [0.4, 0.5) is 0 Å². The van der Waals surface area contributed by atoms with Crippen LogP contribution in [-0.4, -0.2) is 36.7 Å². The van der Waals surface area contributed by atoms with Crippen molar-refractivity contribution >= 4 is 22.8 Å². The van der Waals surface area contributed by atoms with Crippen LogP contribution >= 0.6 is 0 Å². The SMILES string of the molecule is COc1ccc(-c2cc(=O)oc3cc(OCC(=O)NC(Cc4ccccc4)C(=O)O)ccc23)cc1. The van der Waals surface area contributed by atoms with Crippen molar-refractivity contribution in [2.45, 2.75) is 12.5 Å². The van der Waals surface area contributed by atoms with E-state index in [9.17, 15) is 19.5 Å². The second-order valence-corrected chi connectivity index (χ2v) is 7.80. The number of methoxy groups -OCH3 is 1. The molecule has 0 radical (unpaired) electrons. The molecule has 0 spiro atoms. The number of carbonyl (C=O) groups excluding carboxylic acids is 1. The summed E-state index contributed by atoms with van der Waals surface area (Å²) < 4.78 is 16.1. The highest BCUT2D eigenvalue weighted by Crippen LogP contribution is 2.30. The van der Waals surface area contributed by atoms with Crippen LogP contribution in [0.15, 0.2) is 88.1 Å². The van der Waals surface area contributed by atoms with Crippen molar-refractivity contribution in [3.05, 3.63) is 94.8 Å². The molecule has 1 aromatic heterocycles. The monoisotopic (exact) mass is 473 g/mol. The number of hydrogen-bond donors (Lipinski definition) is 2. The average Bonchev–Trinajstić information content (AvgIpc) is 2.87. The molecule has 1 atom stereocenters. The van der Waals surface area contributed by atoms with Gasteiger partial charge in [-0.2, -0.15) is 0 Å². The van der Waals surface area contributed by atoms with Gasteiger partial charge in [-0.15, -0.1) is 0 Å². The molecule has 1 heterocycles. The van der Waals surface area contributed by atoms with Crippen molar-refractivity contribution in [1.82, 2.24) is 5.32 Å². The van der Waals surface area contributed by atoms with Gasteiger partial charge >= 0.3 is 11.6 Å². The van der Waals surface area contributed by atoms with Crippen LogP contribution in [0, 0.1) is 0 Å². The highest BCUT2D eigenvalue weighted by atomic mass is 16.5. The van der Waals surface area contributed by atoms with Crippen LogP contribution in [0.5, 0.6) is 11.5 Å². The third-order valence-corrected chi connectivity index (χ3v) is 5.40. The lowest BCUT2D eigenvalue weighted by atomic mass is 10.0. The molecule has 4 rings (SSSR count). The van der Waals surface area contributed by atoms with Crippen molar-refractivity contribution < 1.29 is 28.6 Å². The van der Waals surface area contributed by atoms with Crippen molar-refractivity contribution in [1.29, 1.82) is 0 Å². The second-order valence-electron chi connectivity index (χ2n) is 7.80. The Kier molecular flexibility index (Phi) is 7.11. The van der Waals surface area contributed by atoms with Crippen molar-refractivity contribution in [2.24, 2.45) is 0 Å². The van der Waals surface area contributed by atoms with E-state index in [-0.39, 0.29) is 6.42 Å². The van der Waals surface area contributed by atoms with Gasteiger partial charge in [-0.05, 0) is 41.0 Å². The summed E-state index contributed by atoms with van der Waals surface area (Å²) in [5, 5.41) is 12.6. The molecule has 8 nitrogen and oxygen atoms in total. The number of nitrogens with one attached hydrogen (secondary N) is 1. The summed E-state index contributed by atoms with van der Waals surface area (Å²) in [6, 6.07) is 21.5. The lowest BCUT2D eigenvalue weighted by molar-refractivity contribution is -0.142. The molecule has 1 amide bonds. The van der Waals surface area contributed by atoms with Crippen LogP contribution in [0.1, 0.15) is 5.56 Å². The number of rotatable bonds is 9. The minimum absolute atomic E-state index is 0.150. The maximum Gasteiger partial charge on any atom is 0.336 e. The molecule has 178 valence electrons. The lowest BCUT2D eigenvalue weighted by Gasteiger charge is -2.15. The Morgan fingerprint density at radius 1 is 0.971 bits per heavy atom. The Bertz CT molecular complexity index is 1390.